The maximum Gasteiger partial charge on any atom is 0.191 e. The van der Waals surface area contributed by atoms with Crippen LogP contribution in [0.2, 0.25) is 0 Å². The number of piperazine rings is 1. The third kappa shape index (κ3) is 6.06. The number of rotatable bonds is 7. The number of hydrogen-bond acceptors (Lipinski definition) is 4. The predicted molar refractivity (Wildman–Crippen MR) is 120 cm³/mol. The van der Waals surface area contributed by atoms with Crippen LogP contribution in [0.1, 0.15) is 27.8 Å². The van der Waals surface area contributed by atoms with E-state index in [4.69, 9.17) is 0 Å². The quantitative estimate of drug-likeness (QED) is 0.427. The molecule has 28 heavy (non-hydrogen) atoms. The molecule has 2 heterocycles. The average Bonchev–Trinajstić information content (AvgIpc) is 3.14. The summed E-state index contributed by atoms with van der Waals surface area (Å²) in [4.78, 5) is 12.1. The Hall–Kier alpha value is -1.89. The van der Waals surface area contributed by atoms with Crippen molar-refractivity contribution in [1.29, 1.82) is 0 Å². The molecule has 0 bridgehead atoms. The normalized spacial score (nSPS) is 19.0. The van der Waals surface area contributed by atoms with Gasteiger partial charge in [-0.05, 0) is 38.1 Å². The Labute approximate surface area is 173 Å². The summed E-state index contributed by atoms with van der Waals surface area (Å²) in [5.74, 6) is 0.879. The lowest BCUT2D eigenvalue weighted by Crippen LogP contribution is -2.47. The standard InChI is InChI=1S/C22H33N5S/c1-18-10-11-20(28-18)16-25-22(23-2)24-12-7-13-27-15-14-26(3)17-21(27)19-8-5-4-6-9-19/h4-6,8-11,21H,7,12-17H2,1-3H3,(H2,23,24,25). The highest BCUT2D eigenvalue weighted by atomic mass is 32.1. The zero-order valence-corrected chi connectivity index (χ0v) is 18.1. The van der Waals surface area contributed by atoms with Crippen LogP contribution in [-0.4, -0.2) is 62.6 Å². The molecule has 2 N–H and O–H groups in total. The van der Waals surface area contributed by atoms with E-state index in [1.807, 2.05) is 18.4 Å². The van der Waals surface area contributed by atoms with Crippen molar-refractivity contribution in [1.82, 2.24) is 20.4 Å². The Bertz CT molecular complexity index is 742. The van der Waals surface area contributed by atoms with Gasteiger partial charge in [0.25, 0.3) is 0 Å². The zero-order valence-electron chi connectivity index (χ0n) is 17.3. The van der Waals surface area contributed by atoms with Crippen LogP contribution in [0.15, 0.2) is 47.5 Å². The number of aliphatic imine (C=N–C) groups is 1. The molecule has 0 spiro atoms. The van der Waals surface area contributed by atoms with Crippen LogP contribution in [-0.2, 0) is 6.54 Å². The third-order valence-corrected chi connectivity index (χ3v) is 6.24. The van der Waals surface area contributed by atoms with E-state index < -0.39 is 0 Å². The number of guanidine groups is 1. The van der Waals surface area contributed by atoms with Crippen LogP contribution in [0.25, 0.3) is 0 Å². The Morgan fingerprint density at radius 3 is 2.68 bits per heavy atom. The fourth-order valence-electron chi connectivity index (χ4n) is 3.68. The van der Waals surface area contributed by atoms with Crippen LogP contribution >= 0.6 is 11.3 Å². The van der Waals surface area contributed by atoms with Crippen molar-refractivity contribution in [3.63, 3.8) is 0 Å². The van der Waals surface area contributed by atoms with Crippen LogP contribution in [0, 0.1) is 6.92 Å². The maximum atomic E-state index is 4.35. The Kier molecular flexibility index (Phi) is 7.89. The minimum absolute atomic E-state index is 0.486. The Balaban J connectivity index is 1.43. The largest absolute Gasteiger partial charge is 0.356 e. The molecule has 1 aromatic heterocycles. The van der Waals surface area contributed by atoms with Crippen molar-refractivity contribution in [3.05, 3.63) is 57.8 Å². The van der Waals surface area contributed by atoms with Gasteiger partial charge in [-0.2, -0.15) is 0 Å². The van der Waals surface area contributed by atoms with Gasteiger partial charge < -0.3 is 15.5 Å². The second-order valence-electron chi connectivity index (χ2n) is 7.44. The van der Waals surface area contributed by atoms with Crippen LogP contribution in [0.3, 0.4) is 0 Å². The lowest BCUT2D eigenvalue weighted by Gasteiger charge is -2.40. The molecule has 6 heteroatoms. The molecule has 0 aliphatic carbocycles. The lowest BCUT2D eigenvalue weighted by molar-refractivity contribution is 0.0891. The third-order valence-electron chi connectivity index (χ3n) is 5.24. The first kappa shape index (κ1) is 20.8. The second-order valence-corrected chi connectivity index (χ2v) is 8.82. The smallest absolute Gasteiger partial charge is 0.191 e. The van der Waals surface area contributed by atoms with E-state index in [1.54, 1.807) is 0 Å². The van der Waals surface area contributed by atoms with Crippen molar-refractivity contribution in [2.45, 2.75) is 25.9 Å². The average molecular weight is 400 g/mol. The number of benzene rings is 1. The molecule has 1 aromatic carbocycles. The number of hydrogen-bond donors (Lipinski definition) is 2. The molecule has 1 unspecified atom stereocenters. The molecule has 1 atom stereocenters. The van der Waals surface area contributed by atoms with Gasteiger partial charge in [0.1, 0.15) is 0 Å². The van der Waals surface area contributed by atoms with Gasteiger partial charge in [0.15, 0.2) is 5.96 Å². The van der Waals surface area contributed by atoms with Gasteiger partial charge in [-0.3, -0.25) is 9.89 Å². The molecule has 152 valence electrons. The molecular formula is C22H33N5S. The molecule has 1 saturated heterocycles. The van der Waals surface area contributed by atoms with Gasteiger partial charge in [-0.25, -0.2) is 0 Å². The number of likely N-dealkylation sites (N-methyl/N-ethyl adjacent to an activating group) is 1. The summed E-state index contributed by atoms with van der Waals surface area (Å²) in [6.07, 6.45) is 1.10. The first-order valence-electron chi connectivity index (χ1n) is 10.1. The van der Waals surface area contributed by atoms with E-state index in [1.165, 1.54) is 15.3 Å². The van der Waals surface area contributed by atoms with Gasteiger partial charge in [0.05, 0.1) is 6.54 Å². The van der Waals surface area contributed by atoms with Gasteiger partial charge in [0, 0.05) is 55.6 Å². The molecule has 0 saturated carbocycles. The van der Waals surface area contributed by atoms with Crippen molar-refractivity contribution in [2.24, 2.45) is 4.99 Å². The van der Waals surface area contributed by atoms with Crippen molar-refractivity contribution in [3.8, 4) is 0 Å². The van der Waals surface area contributed by atoms with E-state index in [2.05, 4.69) is 81.9 Å². The van der Waals surface area contributed by atoms with Gasteiger partial charge >= 0.3 is 0 Å². The van der Waals surface area contributed by atoms with Gasteiger partial charge in [-0.1, -0.05) is 30.3 Å². The summed E-state index contributed by atoms with van der Waals surface area (Å²) >= 11 is 1.83. The summed E-state index contributed by atoms with van der Waals surface area (Å²) in [5.41, 5.74) is 1.42. The molecule has 0 radical (unpaired) electrons. The lowest BCUT2D eigenvalue weighted by atomic mass is 10.0. The molecule has 5 nitrogen and oxygen atoms in total. The number of aryl methyl sites for hydroxylation is 1. The Morgan fingerprint density at radius 2 is 1.96 bits per heavy atom. The van der Waals surface area contributed by atoms with Crippen molar-refractivity contribution < 1.29 is 0 Å². The molecule has 1 aliphatic rings. The summed E-state index contributed by atoms with van der Waals surface area (Å²) in [6, 6.07) is 15.7. The minimum atomic E-state index is 0.486. The van der Waals surface area contributed by atoms with Gasteiger partial charge in [-0.15, -0.1) is 11.3 Å². The highest BCUT2D eigenvalue weighted by molar-refractivity contribution is 7.11. The minimum Gasteiger partial charge on any atom is -0.356 e. The molecule has 2 aromatic rings. The molecular weight excluding hydrogens is 366 g/mol. The number of nitrogens with one attached hydrogen (secondary N) is 2. The number of thiophene rings is 1. The van der Waals surface area contributed by atoms with E-state index in [0.29, 0.717) is 6.04 Å². The molecule has 0 amide bonds. The van der Waals surface area contributed by atoms with E-state index >= 15 is 0 Å². The van der Waals surface area contributed by atoms with Crippen molar-refractivity contribution >= 4 is 17.3 Å². The van der Waals surface area contributed by atoms with Crippen LogP contribution in [0.4, 0.5) is 0 Å². The van der Waals surface area contributed by atoms with E-state index in [-0.39, 0.29) is 0 Å². The molecule has 1 aliphatic heterocycles. The summed E-state index contributed by atoms with van der Waals surface area (Å²) in [5, 5.41) is 6.86. The van der Waals surface area contributed by atoms with E-state index in [9.17, 15) is 0 Å². The monoisotopic (exact) mass is 399 g/mol. The molecule has 3 rings (SSSR count). The van der Waals surface area contributed by atoms with Gasteiger partial charge in [0.2, 0.25) is 0 Å². The highest BCUT2D eigenvalue weighted by Gasteiger charge is 2.25. The zero-order chi connectivity index (χ0) is 19.8. The predicted octanol–water partition coefficient (Wildman–Crippen LogP) is 3.10. The second kappa shape index (κ2) is 10.6. The fraction of sp³-hybridized carbons (Fsp3) is 0.500. The number of nitrogens with zero attached hydrogens (tertiary/aromatic N) is 3. The summed E-state index contributed by atoms with van der Waals surface area (Å²) in [7, 11) is 4.06. The maximum absolute atomic E-state index is 4.35. The highest BCUT2D eigenvalue weighted by Crippen LogP contribution is 2.24. The van der Waals surface area contributed by atoms with Crippen LogP contribution in [0.5, 0.6) is 0 Å². The molecule has 1 fully saturated rings. The first-order valence-corrected chi connectivity index (χ1v) is 10.9. The fourth-order valence-corrected chi connectivity index (χ4v) is 4.51. The van der Waals surface area contributed by atoms with Crippen LogP contribution < -0.4 is 10.6 Å². The van der Waals surface area contributed by atoms with Crippen molar-refractivity contribution in [2.75, 3.05) is 46.8 Å². The summed E-state index contributed by atoms with van der Waals surface area (Å²) in [6.45, 7) is 8.36. The SMILES string of the molecule is CN=C(NCCCN1CCN(C)CC1c1ccccc1)NCc1ccc(C)s1. The Morgan fingerprint density at radius 1 is 1.14 bits per heavy atom. The topological polar surface area (TPSA) is 42.9 Å². The van der Waals surface area contributed by atoms with E-state index in [0.717, 1.165) is 51.6 Å². The first-order chi connectivity index (χ1) is 13.7. The summed E-state index contributed by atoms with van der Waals surface area (Å²) < 4.78 is 0.